The standard InChI is InChI=1S/C12H19N3O4S/c1-13-20(17,18)12-5-4-10(19-12)8-14-9-11(16)15-6-2-3-7-15/h4-5,13-14H,2-3,6-9H2,1H3. The van der Waals surface area contributed by atoms with Gasteiger partial charge in [0.15, 0.2) is 0 Å². The van der Waals surface area contributed by atoms with Gasteiger partial charge in [-0.3, -0.25) is 4.79 Å². The molecule has 0 aromatic carbocycles. The molecule has 7 nitrogen and oxygen atoms in total. The Morgan fingerprint density at radius 2 is 2.05 bits per heavy atom. The molecule has 0 aliphatic carbocycles. The van der Waals surface area contributed by atoms with Crippen molar-refractivity contribution in [1.82, 2.24) is 14.9 Å². The van der Waals surface area contributed by atoms with Crippen LogP contribution in [0.1, 0.15) is 18.6 Å². The molecular formula is C12H19N3O4S. The fraction of sp³-hybridized carbons (Fsp3) is 0.583. The summed E-state index contributed by atoms with van der Waals surface area (Å²) in [6.45, 7) is 2.20. The third-order valence-corrected chi connectivity index (χ3v) is 4.49. The first kappa shape index (κ1) is 15.0. The molecule has 2 heterocycles. The Bertz CT molecular complexity index is 561. The third kappa shape index (κ3) is 3.59. The van der Waals surface area contributed by atoms with Gasteiger partial charge in [0.1, 0.15) is 5.76 Å². The van der Waals surface area contributed by atoms with Crippen molar-refractivity contribution in [3.05, 3.63) is 17.9 Å². The van der Waals surface area contributed by atoms with Crippen molar-refractivity contribution in [3.63, 3.8) is 0 Å². The SMILES string of the molecule is CNS(=O)(=O)c1ccc(CNCC(=O)N2CCCC2)o1. The van der Waals surface area contributed by atoms with Crippen molar-refractivity contribution in [1.29, 1.82) is 0 Å². The smallest absolute Gasteiger partial charge is 0.273 e. The minimum atomic E-state index is -3.55. The molecule has 1 fully saturated rings. The molecule has 1 aliphatic rings. The Morgan fingerprint density at radius 1 is 1.35 bits per heavy atom. The van der Waals surface area contributed by atoms with Crippen LogP contribution in [0, 0.1) is 0 Å². The number of nitrogens with one attached hydrogen (secondary N) is 2. The maximum Gasteiger partial charge on any atom is 0.273 e. The summed E-state index contributed by atoms with van der Waals surface area (Å²) < 4.78 is 30.4. The summed E-state index contributed by atoms with van der Waals surface area (Å²) in [5.41, 5.74) is 0. The van der Waals surface area contributed by atoms with E-state index in [9.17, 15) is 13.2 Å². The summed E-state index contributed by atoms with van der Waals surface area (Å²) in [6, 6.07) is 2.97. The number of nitrogens with zero attached hydrogens (tertiary/aromatic N) is 1. The number of rotatable bonds is 6. The molecule has 20 heavy (non-hydrogen) atoms. The fourth-order valence-corrected chi connectivity index (χ4v) is 2.73. The Hall–Kier alpha value is -1.38. The number of likely N-dealkylation sites (tertiary alicyclic amines) is 1. The highest BCUT2D eigenvalue weighted by molar-refractivity contribution is 7.89. The molecule has 112 valence electrons. The molecule has 1 aliphatic heterocycles. The van der Waals surface area contributed by atoms with Crippen LogP contribution in [0.15, 0.2) is 21.6 Å². The quantitative estimate of drug-likeness (QED) is 0.765. The van der Waals surface area contributed by atoms with Crippen LogP contribution in [0.2, 0.25) is 0 Å². The van der Waals surface area contributed by atoms with E-state index in [0.717, 1.165) is 25.9 Å². The maximum atomic E-state index is 11.8. The van der Waals surface area contributed by atoms with Gasteiger partial charge in [0.05, 0.1) is 13.1 Å². The highest BCUT2D eigenvalue weighted by Crippen LogP contribution is 2.13. The van der Waals surface area contributed by atoms with Crippen LogP contribution < -0.4 is 10.0 Å². The number of amides is 1. The van der Waals surface area contributed by atoms with E-state index in [1.165, 1.54) is 13.1 Å². The highest BCUT2D eigenvalue weighted by Gasteiger charge is 2.18. The van der Waals surface area contributed by atoms with Gasteiger partial charge in [-0.1, -0.05) is 0 Å². The van der Waals surface area contributed by atoms with Gasteiger partial charge in [-0.25, -0.2) is 13.1 Å². The molecule has 0 radical (unpaired) electrons. The zero-order valence-corrected chi connectivity index (χ0v) is 12.2. The van der Waals surface area contributed by atoms with Crippen LogP contribution in [-0.2, 0) is 21.4 Å². The van der Waals surface area contributed by atoms with Crippen molar-refractivity contribution < 1.29 is 17.6 Å². The molecule has 1 saturated heterocycles. The largest absolute Gasteiger partial charge is 0.447 e. The van der Waals surface area contributed by atoms with Gasteiger partial charge in [0, 0.05) is 13.1 Å². The molecule has 1 amide bonds. The van der Waals surface area contributed by atoms with Crippen molar-refractivity contribution in [2.24, 2.45) is 0 Å². The molecule has 2 N–H and O–H groups in total. The average Bonchev–Trinajstić information content (AvgIpc) is 3.10. The molecule has 0 bridgehead atoms. The lowest BCUT2D eigenvalue weighted by Crippen LogP contribution is -2.35. The predicted octanol–water partition coefficient (Wildman–Crippen LogP) is -0.100. The highest BCUT2D eigenvalue weighted by atomic mass is 32.2. The van der Waals surface area contributed by atoms with Crippen LogP contribution in [0.25, 0.3) is 0 Å². The lowest BCUT2D eigenvalue weighted by atomic mass is 10.4. The van der Waals surface area contributed by atoms with Gasteiger partial charge in [0.25, 0.3) is 10.0 Å². The fourth-order valence-electron chi connectivity index (χ4n) is 2.07. The van der Waals surface area contributed by atoms with Gasteiger partial charge in [0.2, 0.25) is 11.0 Å². The molecule has 0 unspecified atom stereocenters. The van der Waals surface area contributed by atoms with Gasteiger partial charge in [-0.15, -0.1) is 0 Å². The Morgan fingerprint density at radius 3 is 2.70 bits per heavy atom. The summed E-state index contributed by atoms with van der Waals surface area (Å²) in [5.74, 6) is 0.546. The number of furan rings is 1. The first-order valence-electron chi connectivity index (χ1n) is 6.53. The Balaban J connectivity index is 1.81. The van der Waals surface area contributed by atoms with Gasteiger partial charge in [-0.05, 0) is 32.0 Å². The van der Waals surface area contributed by atoms with Crippen molar-refractivity contribution in [2.45, 2.75) is 24.5 Å². The Labute approximate surface area is 118 Å². The van der Waals surface area contributed by atoms with Crippen molar-refractivity contribution in [3.8, 4) is 0 Å². The van der Waals surface area contributed by atoms with Crippen LogP contribution in [-0.4, -0.2) is 45.9 Å². The minimum absolute atomic E-state index is 0.0668. The summed E-state index contributed by atoms with van der Waals surface area (Å²) >= 11 is 0. The van der Waals surface area contributed by atoms with E-state index in [-0.39, 0.29) is 17.5 Å². The average molecular weight is 301 g/mol. The summed E-state index contributed by atoms with van der Waals surface area (Å²) in [5, 5.41) is 2.84. The number of carbonyl (C=O) groups is 1. The van der Waals surface area contributed by atoms with Crippen LogP contribution in [0.5, 0.6) is 0 Å². The molecule has 1 aromatic rings. The number of carbonyl (C=O) groups excluding carboxylic acids is 1. The number of hydrogen-bond acceptors (Lipinski definition) is 5. The van der Waals surface area contributed by atoms with Crippen LogP contribution in [0.3, 0.4) is 0 Å². The maximum absolute atomic E-state index is 11.8. The Kier molecular flexibility index (Phi) is 4.79. The summed E-state index contributed by atoms with van der Waals surface area (Å²) in [7, 11) is -2.23. The van der Waals surface area contributed by atoms with E-state index in [1.807, 2.05) is 4.90 Å². The van der Waals surface area contributed by atoms with Crippen molar-refractivity contribution >= 4 is 15.9 Å². The van der Waals surface area contributed by atoms with Crippen LogP contribution >= 0.6 is 0 Å². The second-order valence-corrected chi connectivity index (χ2v) is 6.44. The number of hydrogen-bond donors (Lipinski definition) is 2. The second kappa shape index (κ2) is 6.38. The zero-order chi connectivity index (χ0) is 14.6. The van der Waals surface area contributed by atoms with E-state index in [2.05, 4.69) is 10.0 Å². The number of sulfonamides is 1. The molecule has 0 saturated carbocycles. The van der Waals surface area contributed by atoms with Gasteiger partial charge >= 0.3 is 0 Å². The predicted molar refractivity (Wildman–Crippen MR) is 72.5 cm³/mol. The van der Waals surface area contributed by atoms with Crippen molar-refractivity contribution in [2.75, 3.05) is 26.7 Å². The lowest BCUT2D eigenvalue weighted by molar-refractivity contribution is -0.129. The minimum Gasteiger partial charge on any atom is -0.447 e. The topological polar surface area (TPSA) is 91.7 Å². The third-order valence-electron chi connectivity index (χ3n) is 3.20. The van der Waals surface area contributed by atoms with Gasteiger partial charge < -0.3 is 14.6 Å². The van der Waals surface area contributed by atoms with E-state index < -0.39 is 10.0 Å². The second-order valence-electron chi connectivity index (χ2n) is 4.62. The molecule has 2 rings (SSSR count). The monoisotopic (exact) mass is 301 g/mol. The van der Waals surface area contributed by atoms with Gasteiger partial charge in [-0.2, -0.15) is 0 Å². The summed E-state index contributed by atoms with van der Waals surface area (Å²) in [4.78, 5) is 13.6. The molecule has 8 heteroatoms. The molecule has 1 aromatic heterocycles. The first-order valence-corrected chi connectivity index (χ1v) is 8.02. The van der Waals surface area contributed by atoms with E-state index >= 15 is 0 Å². The van der Waals surface area contributed by atoms with E-state index in [0.29, 0.717) is 12.3 Å². The zero-order valence-electron chi connectivity index (χ0n) is 11.4. The molecular weight excluding hydrogens is 282 g/mol. The van der Waals surface area contributed by atoms with Crippen LogP contribution in [0.4, 0.5) is 0 Å². The van der Waals surface area contributed by atoms with E-state index in [4.69, 9.17) is 4.42 Å². The lowest BCUT2D eigenvalue weighted by Gasteiger charge is -2.15. The van der Waals surface area contributed by atoms with E-state index in [1.54, 1.807) is 6.07 Å². The normalized spacial score (nSPS) is 15.8. The summed E-state index contributed by atoms with van der Waals surface area (Å²) in [6.07, 6.45) is 2.13. The molecule has 0 spiro atoms. The molecule has 0 atom stereocenters. The first-order chi connectivity index (χ1) is 9.53.